The monoisotopic (exact) mass is 174 g/mol. The van der Waals surface area contributed by atoms with Crippen molar-refractivity contribution < 1.29 is 4.74 Å². The molecule has 1 heterocycles. The number of hydrogen-bond donors (Lipinski definition) is 2. The minimum absolute atomic E-state index is 0.173. The highest BCUT2D eigenvalue weighted by atomic mass is 35.5. The zero-order valence-corrected chi connectivity index (χ0v) is 6.84. The van der Waals surface area contributed by atoms with Crippen LogP contribution in [0.25, 0.3) is 0 Å². The highest BCUT2D eigenvalue weighted by Gasteiger charge is 2.05. The lowest BCUT2D eigenvalue weighted by atomic mass is 10.4. The summed E-state index contributed by atoms with van der Waals surface area (Å²) in [5.74, 6) is 0.679. The number of nitrogens with one attached hydrogen (secondary N) is 1. The number of allylic oxidation sites excluding steroid dienone is 2. The van der Waals surface area contributed by atoms with Gasteiger partial charge in [-0.05, 0) is 12.2 Å². The van der Waals surface area contributed by atoms with Crippen molar-refractivity contribution in [3.05, 3.63) is 24.1 Å². The third-order valence-electron chi connectivity index (χ3n) is 1.18. The molecule has 0 bridgehead atoms. The first kappa shape index (κ1) is 8.43. The van der Waals surface area contributed by atoms with E-state index in [0.717, 1.165) is 0 Å². The van der Waals surface area contributed by atoms with E-state index < -0.39 is 0 Å². The molecule has 0 saturated heterocycles. The van der Waals surface area contributed by atoms with Gasteiger partial charge in [0.25, 0.3) is 0 Å². The summed E-state index contributed by atoms with van der Waals surface area (Å²) in [6.07, 6.45) is 5.49. The molecule has 0 aromatic carbocycles. The first-order valence-electron chi connectivity index (χ1n) is 3.45. The molecule has 1 aliphatic heterocycles. The second-order valence-corrected chi connectivity index (χ2v) is 2.57. The molecular formula is C7H11ClN2O. The van der Waals surface area contributed by atoms with Gasteiger partial charge >= 0.3 is 0 Å². The summed E-state index contributed by atoms with van der Waals surface area (Å²) in [4.78, 5) is 0. The van der Waals surface area contributed by atoms with Crippen LogP contribution in [0.5, 0.6) is 0 Å². The van der Waals surface area contributed by atoms with Gasteiger partial charge in [-0.25, -0.2) is 0 Å². The van der Waals surface area contributed by atoms with Gasteiger partial charge in [-0.2, -0.15) is 0 Å². The molecule has 0 spiro atoms. The second kappa shape index (κ2) is 4.26. The third kappa shape index (κ3) is 2.82. The largest absolute Gasteiger partial charge is 0.478 e. The molecule has 1 unspecified atom stereocenters. The molecule has 0 aromatic heterocycles. The Morgan fingerprint density at radius 2 is 2.55 bits per heavy atom. The minimum atomic E-state index is -0.173. The average Bonchev–Trinajstić information content (AvgIpc) is 2.01. The zero-order chi connectivity index (χ0) is 8.10. The van der Waals surface area contributed by atoms with Gasteiger partial charge in [0, 0.05) is 6.54 Å². The molecule has 11 heavy (non-hydrogen) atoms. The van der Waals surface area contributed by atoms with Crippen molar-refractivity contribution in [1.29, 1.82) is 0 Å². The molecule has 4 heteroatoms. The van der Waals surface area contributed by atoms with E-state index >= 15 is 0 Å². The average molecular weight is 175 g/mol. The topological polar surface area (TPSA) is 47.3 Å². The van der Waals surface area contributed by atoms with Gasteiger partial charge in [0.2, 0.25) is 0 Å². The number of dihydropyridines is 1. The van der Waals surface area contributed by atoms with Gasteiger partial charge in [0.05, 0.1) is 0 Å². The Morgan fingerprint density at radius 3 is 3.18 bits per heavy atom. The van der Waals surface area contributed by atoms with Crippen LogP contribution in [0.2, 0.25) is 0 Å². The van der Waals surface area contributed by atoms with Crippen LogP contribution in [0.3, 0.4) is 0 Å². The van der Waals surface area contributed by atoms with Crippen LogP contribution in [0.1, 0.15) is 0 Å². The fourth-order valence-electron chi connectivity index (χ4n) is 0.731. The van der Waals surface area contributed by atoms with Crippen molar-refractivity contribution in [3.8, 4) is 0 Å². The van der Waals surface area contributed by atoms with Gasteiger partial charge in [0.1, 0.15) is 12.1 Å². The Labute approximate surface area is 70.9 Å². The van der Waals surface area contributed by atoms with Gasteiger partial charge in [-0.3, -0.25) is 0 Å². The summed E-state index contributed by atoms with van der Waals surface area (Å²) in [6, 6.07) is 0. The van der Waals surface area contributed by atoms with E-state index in [1.807, 2.05) is 18.2 Å². The summed E-state index contributed by atoms with van der Waals surface area (Å²) in [7, 11) is 0. The predicted molar refractivity (Wildman–Crippen MR) is 45.0 cm³/mol. The maximum atomic E-state index is 5.74. The Hall–Kier alpha value is -0.670. The first-order valence-corrected chi connectivity index (χ1v) is 3.88. The minimum Gasteiger partial charge on any atom is -0.478 e. The number of hydrogen-bond acceptors (Lipinski definition) is 3. The lowest BCUT2D eigenvalue weighted by molar-refractivity contribution is 0.198. The van der Waals surface area contributed by atoms with E-state index in [9.17, 15) is 0 Å². The van der Waals surface area contributed by atoms with E-state index in [-0.39, 0.29) is 5.50 Å². The summed E-state index contributed by atoms with van der Waals surface area (Å²) >= 11 is 5.74. The Kier molecular flexibility index (Phi) is 3.26. The normalized spacial score (nSPS) is 22.4. The molecular weight excluding hydrogens is 164 g/mol. The van der Waals surface area contributed by atoms with Gasteiger partial charge in [0.15, 0.2) is 5.88 Å². The summed E-state index contributed by atoms with van der Waals surface area (Å²) in [5.41, 5.74) is 5.08. The molecule has 0 aromatic rings. The van der Waals surface area contributed by atoms with E-state index in [1.165, 1.54) is 0 Å². The summed E-state index contributed by atoms with van der Waals surface area (Å²) < 4.78 is 5.19. The SMILES string of the molecule is NCCOC1=CC=CC(Cl)N1. The number of ether oxygens (including phenoxy) is 1. The maximum Gasteiger partial charge on any atom is 0.188 e. The van der Waals surface area contributed by atoms with Crippen LogP contribution in [0, 0.1) is 0 Å². The van der Waals surface area contributed by atoms with Crippen molar-refractivity contribution in [2.45, 2.75) is 5.50 Å². The number of rotatable bonds is 3. The van der Waals surface area contributed by atoms with Crippen molar-refractivity contribution >= 4 is 11.6 Å². The number of nitrogens with two attached hydrogens (primary N) is 1. The number of alkyl halides is 1. The van der Waals surface area contributed by atoms with Gasteiger partial charge < -0.3 is 15.8 Å². The molecule has 3 nitrogen and oxygen atoms in total. The maximum absolute atomic E-state index is 5.74. The fraction of sp³-hybridized carbons (Fsp3) is 0.429. The molecule has 62 valence electrons. The smallest absolute Gasteiger partial charge is 0.188 e. The first-order chi connectivity index (χ1) is 5.33. The van der Waals surface area contributed by atoms with Crippen LogP contribution in [-0.4, -0.2) is 18.7 Å². The molecule has 0 amide bonds. The Morgan fingerprint density at radius 1 is 1.73 bits per heavy atom. The van der Waals surface area contributed by atoms with Crippen LogP contribution in [-0.2, 0) is 4.74 Å². The van der Waals surface area contributed by atoms with Crippen LogP contribution in [0.4, 0.5) is 0 Å². The highest BCUT2D eigenvalue weighted by Crippen LogP contribution is 2.05. The molecule has 0 aliphatic carbocycles. The second-order valence-electron chi connectivity index (χ2n) is 2.10. The highest BCUT2D eigenvalue weighted by molar-refractivity contribution is 6.21. The molecule has 0 saturated carbocycles. The quantitative estimate of drug-likeness (QED) is 0.485. The van der Waals surface area contributed by atoms with E-state index in [2.05, 4.69) is 5.32 Å². The zero-order valence-electron chi connectivity index (χ0n) is 6.09. The van der Waals surface area contributed by atoms with Crippen LogP contribution >= 0.6 is 11.6 Å². The van der Waals surface area contributed by atoms with Crippen molar-refractivity contribution in [2.75, 3.05) is 13.2 Å². The summed E-state index contributed by atoms with van der Waals surface area (Å²) in [6.45, 7) is 1.02. The van der Waals surface area contributed by atoms with E-state index in [0.29, 0.717) is 19.0 Å². The van der Waals surface area contributed by atoms with Crippen LogP contribution < -0.4 is 11.1 Å². The standard InChI is InChI=1S/C7H11ClN2O/c8-6-2-1-3-7(10-6)11-5-4-9/h1-3,6,10H,4-5,9H2. The molecule has 1 rings (SSSR count). The van der Waals surface area contributed by atoms with Gasteiger partial charge in [-0.1, -0.05) is 17.7 Å². The van der Waals surface area contributed by atoms with E-state index in [4.69, 9.17) is 22.1 Å². The Bertz CT molecular complexity index is 179. The Balaban J connectivity index is 2.33. The van der Waals surface area contributed by atoms with Crippen LogP contribution in [0.15, 0.2) is 24.1 Å². The molecule has 0 radical (unpaired) electrons. The lowest BCUT2D eigenvalue weighted by Crippen LogP contribution is -2.26. The van der Waals surface area contributed by atoms with E-state index in [1.54, 1.807) is 0 Å². The van der Waals surface area contributed by atoms with Crippen molar-refractivity contribution in [3.63, 3.8) is 0 Å². The number of halogens is 1. The molecule has 1 aliphatic rings. The predicted octanol–water partition coefficient (Wildman–Crippen LogP) is 0.527. The summed E-state index contributed by atoms with van der Waals surface area (Å²) in [5, 5.41) is 2.91. The lowest BCUT2D eigenvalue weighted by Gasteiger charge is -2.16. The van der Waals surface area contributed by atoms with Gasteiger partial charge in [-0.15, -0.1) is 0 Å². The molecule has 1 atom stereocenters. The third-order valence-corrected chi connectivity index (χ3v) is 1.44. The molecule has 0 fully saturated rings. The fourth-order valence-corrected chi connectivity index (χ4v) is 0.923. The van der Waals surface area contributed by atoms with Crippen molar-refractivity contribution in [1.82, 2.24) is 5.32 Å². The molecule has 3 N–H and O–H groups in total. The van der Waals surface area contributed by atoms with Crippen molar-refractivity contribution in [2.24, 2.45) is 5.73 Å².